The van der Waals surface area contributed by atoms with Crippen LogP contribution in [0.2, 0.25) is 5.02 Å². The average Bonchev–Trinajstić information content (AvgIpc) is 3.35. The van der Waals surface area contributed by atoms with Crippen molar-refractivity contribution in [3.8, 4) is 11.3 Å². The lowest BCUT2D eigenvalue weighted by atomic mass is 10.1. The maximum absolute atomic E-state index is 13.0. The highest BCUT2D eigenvalue weighted by Crippen LogP contribution is 2.30. The monoisotopic (exact) mass is 462 g/mol. The van der Waals surface area contributed by atoms with Crippen LogP contribution in [0.5, 0.6) is 0 Å². The molecular weight excluding hydrogens is 444 g/mol. The summed E-state index contributed by atoms with van der Waals surface area (Å²) < 4.78 is 0. The van der Waals surface area contributed by atoms with Crippen molar-refractivity contribution in [3.63, 3.8) is 0 Å². The third-order valence-corrected chi connectivity index (χ3v) is 5.18. The molecule has 4 aromatic rings. The van der Waals surface area contributed by atoms with Gasteiger partial charge in [0.25, 0.3) is 5.91 Å². The predicted octanol–water partition coefficient (Wildman–Crippen LogP) is 4.63. The predicted molar refractivity (Wildman–Crippen MR) is 125 cm³/mol. The SMILES string of the molecule is CCN(c1cnc[nH]1)c1nc(C(=O)Nc2ccc(Cl)c(-c3ccccn3)c2)ccc1C(=O)O. The number of nitrogens with one attached hydrogen (secondary N) is 2. The van der Waals surface area contributed by atoms with Crippen LogP contribution in [0.3, 0.4) is 0 Å². The Labute approximate surface area is 194 Å². The molecule has 0 fully saturated rings. The van der Waals surface area contributed by atoms with E-state index in [9.17, 15) is 14.7 Å². The molecule has 0 aliphatic rings. The minimum atomic E-state index is -1.15. The van der Waals surface area contributed by atoms with E-state index in [1.165, 1.54) is 18.5 Å². The highest BCUT2D eigenvalue weighted by Gasteiger charge is 2.22. The first-order chi connectivity index (χ1) is 16.0. The smallest absolute Gasteiger partial charge is 0.339 e. The van der Waals surface area contributed by atoms with Crippen molar-refractivity contribution >= 4 is 40.8 Å². The van der Waals surface area contributed by atoms with Crippen LogP contribution in [-0.4, -0.2) is 43.5 Å². The fourth-order valence-corrected chi connectivity index (χ4v) is 3.51. The minimum Gasteiger partial charge on any atom is -0.478 e. The Bertz CT molecular complexity index is 1300. The third-order valence-electron chi connectivity index (χ3n) is 4.85. The summed E-state index contributed by atoms with van der Waals surface area (Å²) in [5, 5.41) is 12.9. The Morgan fingerprint density at radius 2 is 2.03 bits per heavy atom. The van der Waals surface area contributed by atoms with E-state index >= 15 is 0 Å². The first kappa shape index (κ1) is 22.0. The van der Waals surface area contributed by atoms with E-state index < -0.39 is 11.9 Å². The number of aromatic amines is 1. The number of carboxylic acids is 1. The fourth-order valence-electron chi connectivity index (χ4n) is 3.29. The minimum absolute atomic E-state index is 0.0352. The molecule has 3 N–H and O–H groups in total. The molecule has 0 bridgehead atoms. The van der Waals surface area contributed by atoms with Gasteiger partial charge in [0, 0.05) is 24.0 Å². The van der Waals surface area contributed by atoms with Crippen molar-refractivity contribution in [2.24, 2.45) is 0 Å². The molecule has 0 aliphatic carbocycles. The van der Waals surface area contributed by atoms with Crippen LogP contribution in [0.25, 0.3) is 11.3 Å². The number of benzene rings is 1. The zero-order valence-corrected chi connectivity index (χ0v) is 18.2. The van der Waals surface area contributed by atoms with Gasteiger partial charge in [-0.25, -0.2) is 14.8 Å². The summed E-state index contributed by atoms with van der Waals surface area (Å²) in [5.74, 6) is -0.960. The molecule has 0 atom stereocenters. The lowest BCUT2D eigenvalue weighted by molar-refractivity contribution is 0.0696. The number of aromatic nitrogens is 4. The molecule has 10 heteroatoms. The Balaban J connectivity index is 1.66. The number of amides is 1. The summed E-state index contributed by atoms with van der Waals surface area (Å²) in [7, 11) is 0. The van der Waals surface area contributed by atoms with Crippen molar-refractivity contribution in [2.75, 3.05) is 16.8 Å². The van der Waals surface area contributed by atoms with E-state index in [-0.39, 0.29) is 17.1 Å². The van der Waals surface area contributed by atoms with E-state index in [0.717, 1.165) is 0 Å². The van der Waals surface area contributed by atoms with Gasteiger partial charge in [-0.05, 0) is 49.4 Å². The van der Waals surface area contributed by atoms with Gasteiger partial charge in [0.05, 0.1) is 23.2 Å². The summed E-state index contributed by atoms with van der Waals surface area (Å²) in [6.07, 6.45) is 4.69. The number of rotatable bonds is 7. The number of H-pyrrole nitrogens is 1. The van der Waals surface area contributed by atoms with Crippen LogP contribution in [0.15, 0.2) is 67.3 Å². The van der Waals surface area contributed by atoms with Crippen molar-refractivity contribution in [1.29, 1.82) is 0 Å². The second-order valence-corrected chi connectivity index (χ2v) is 7.32. The van der Waals surface area contributed by atoms with Crippen molar-refractivity contribution < 1.29 is 14.7 Å². The number of hydrogen-bond acceptors (Lipinski definition) is 6. The largest absolute Gasteiger partial charge is 0.478 e. The number of nitrogens with zero attached hydrogens (tertiary/aromatic N) is 4. The van der Waals surface area contributed by atoms with Gasteiger partial charge in [-0.3, -0.25) is 9.78 Å². The molecule has 33 heavy (non-hydrogen) atoms. The molecule has 1 amide bonds. The van der Waals surface area contributed by atoms with E-state index in [1.807, 2.05) is 19.1 Å². The molecule has 0 saturated heterocycles. The van der Waals surface area contributed by atoms with Gasteiger partial charge in [0.1, 0.15) is 22.9 Å². The lowest BCUT2D eigenvalue weighted by Gasteiger charge is -2.22. The number of anilines is 3. The summed E-state index contributed by atoms with van der Waals surface area (Å²) in [4.78, 5) is 42.0. The average molecular weight is 463 g/mol. The first-order valence-electron chi connectivity index (χ1n) is 10.0. The van der Waals surface area contributed by atoms with Gasteiger partial charge in [-0.1, -0.05) is 17.7 Å². The van der Waals surface area contributed by atoms with Crippen LogP contribution in [0.1, 0.15) is 27.8 Å². The molecule has 1 aromatic carbocycles. The van der Waals surface area contributed by atoms with Gasteiger partial charge < -0.3 is 20.3 Å². The summed E-state index contributed by atoms with van der Waals surface area (Å²) in [5.41, 5.74) is 1.86. The second kappa shape index (κ2) is 9.49. The molecule has 3 heterocycles. The number of hydrogen-bond donors (Lipinski definition) is 3. The molecule has 9 nitrogen and oxygen atoms in total. The van der Waals surface area contributed by atoms with Crippen LogP contribution in [0, 0.1) is 0 Å². The van der Waals surface area contributed by atoms with E-state index in [0.29, 0.717) is 34.3 Å². The molecule has 0 radical (unpaired) electrons. The lowest BCUT2D eigenvalue weighted by Crippen LogP contribution is -2.23. The highest BCUT2D eigenvalue weighted by molar-refractivity contribution is 6.33. The van der Waals surface area contributed by atoms with Crippen molar-refractivity contribution in [3.05, 3.63) is 83.5 Å². The van der Waals surface area contributed by atoms with Crippen LogP contribution >= 0.6 is 11.6 Å². The van der Waals surface area contributed by atoms with Crippen LogP contribution < -0.4 is 10.2 Å². The molecule has 0 saturated carbocycles. The zero-order valence-electron chi connectivity index (χ0n) is 17.5. The van der Waals surface area contributed by atoms with Gasteiger partial charge in [0.15, 0.2) is 0 Å². The molecule has 3 aromatic heterocycles. The maximum Gasteiger partial charge on any atom is 0.339 e. The third kappa shape index (κ3) is 4.68. The van der Waals surface area contributed by atoms with Crippen molar-refractivity contribution in [1.82, 2.24) is 19.9 Å². The second-order valence-electron chi connectivity index (χ2n) is 6.92. The summed E-state index contributed by atoms with van der Waals surface area (Å²) in [6.45, 7) is 2.25. The van der Waals surface area contributed by atoms with Crippen molar-refractivity contribution in [2.45, 2.75) is 6.92 Å². The normalized spacial score (nSPS) is 10.6. The number of pyridine rings is 2. The molecule has 4 rings (SSSR count). The quantitative estimate of drug-likeness (QED) is 0.365. The van der Waals surface area contributed by atoms with E-state index in [1.54, 1.807) is 41.6 Å². The van der Waals surface area contributed by atoms with Gasteiger partial charge in [0.2, 0.25) is 0 Å². The number of carbonyl (C=O) groups excluding carboxylic acids is 1. The molecule has 0 spiro atoms. The zero-order chi connectivity index (χ0) is 23.4. The number of carbonyl (C=O) groups is 2. The van der Waals surface area contributed by atoms with Gasteiger partial charge in [-0.2, -0.15) is 0 Å². The Kier molecular flexibility index (Phi) is 6.32. The van der Waals surface area contributed by atoms with Gasteiger partial charge >= 0.3 is 5.97 Å². The van der Waals surface area contributed by atoms with E-state index in [2.05, 4.69) is 25.3 Å². The molecule has 166 valence electrons. The Morgan fingerprint density at radius 3 is 2.70 bits per heavy atom. The molecule has 0 unspecified atom stereocenters. The molecule has 0 aliphatic heterocycles. The first-order valence-corrected chi connectivity index (χ1v) is 10.4. The number of imidazole rings is 1. The topological polar surface area (TPSA) is 124 Å². The fraction of sp³-hybridized carbons (Fsp3) is 0.0870. The summed E-state index contributed by atoms with van der Waals surface area (Å²) in [6, 6.07) is 13.3. The maximum atomic E-state index is 13.0. The van der Waals surface area contributed by atoms with Crippen LogP contribution in [-0.2, 0) is 0 Å². The number of halogens is 1. The molecular formula is C23H19ClN6O3. The Morgan fingerprint density at radius 1 is 1.18 bits per heavy atom. The Hall–Kier alpha value is -4.24. The highest BCUT2D eigenvalue weighted by atomic mass is 35.5. The summed E-state index contributed by atoms with van der Waals surface area (Å²) >= 11 is 6.32. The number of aromatic carboxylic acids is 1. The van der Waals surface area contributed by atoms with Gasteiger partial charge in [-0.15, -0.1) is 0 Å². The standard InChI is InChI=1S/C23H19ClN6O3/c1-2-30(20-12-25-13-27-20)21-15(23(32)33)7-9-19(29-21)22(31)28-14-6-8-17(24)16(11-14)18-5-3-4-10-26-18/h3-13H,2H2,1H3,(H,25,27)(H,28,31)(H,32,33). The van der Waals surface area contributed by atoms with E-state index in [4.69, 9.17) is 11.6 Å². The van der Waals surface area contributed by atoms with Crippen LogP contribution in [0.4, 0.5) is 17.3 Å². The number of carboxylic acid groups (broad SMARTS) is 1.